The van der Waals surface area contributed by atoms with Crippen LogP contribution in [0.4, 0.5) is 9.18 Å². The average molecular weight is 472 g/mol. The van der Waals surface area contributed by atoms with Gasteiger partial charge in [0, 0.05) is 36.4 Å². The van der Waals surface area contributed by atoms with Gasteiger partial charge in [0.15, 0.2) is 0 Å². The van der Waals surface area contributed by atoms with Crippen LogP contribution in [0.15, 0.2) is 66.7 Å². The second-order valence-corrected chi connectivity index (χ2v) is 10.3. The Labute approximate surface area is 205 Å². The summed E-state index contributed by atoms with van der Waals surface area (Å²) in [6, 6.07) is 21.2. The van der Waals surface area contributed by atoms with Crippen molar-refractivity contribution in [2.24, 2.45) is 0 Å². The Morgan fingerprint density at radius 3 is 2.17 bits per heavy atom. The van der Waals surface area contributed by atoms with Crippen LogP contribution in [-0.2, 0) is 10.3 Å². The SMILES string of the molecule is Cc1cccc(F)c1C1(O)CC2CCCC(C1)N2C(=O)OCC1c2ccccc2-c2ccccc21. The normalized spacial score (nSPS) is 25.2. The van der Waals surface area contributed by atoms with E-state index >= 15 is 0 Å². The minimum Gasteiger partial charge on any atom is -0.448 e. The van der Waals surface area contributed by atoms with Crippen molar-refractivity contribution < 1.29 is 19.0 Å². The molecule has 1 aliphatic carbocycles. The number of halogens is 1. The van der Waals surface area contributed by atoms with Crippen molar-refractivity contribution in [1.29, 1.82) is 0 Å². The first kappa shape index (κ1) is 22.3. The number of rotatable bonds is 3. The van der Waals surface area contributed by atoms with E-state index in [1.807, 2.05) is 42.2 Å². The molecule has 0 saturated carbocycles. The molecule has 2 heterocycles. The minimum atomic E-state index is -1.27. The van der Waals surface area contributed by atoms with E-state index in [0.717, 1.165) is 24.8 Å². The van der Waals surface area contributed by atoms with Gasteiger partial charge in [0.05, 0.1) is 5.60 Å². The molecule has 3 aromatic rings. The van der Waals surface area contributed by atoms with E-state index in [1.54, 1.807) is 6.07 Å². The summed E-state index contributed by atoms with van der Waals surface area (Å²) in [7, 11) is 0. The quantitative estimate of drug-likeness (QED) is 0.489. The Bertz CT molecular complexity index is 1210. The van der Waals surface area contributed by atoms with E-state index < -0.39 is 5.60 Å². The first-order valence-corrected chi connectivity index (χ1v) is 12.6. The Kier molecular flexibility index (Phi) is 5.41. The number of nitrogens with zero attached hydrogens (tertiary/aromatic N) is 1. The molecule has 2 aliphatic heterocycles. The van der Waals surface area contributed by atoms with Gasteiger partial charge in [0.1, 0.15) is 12.4 Å². The zero-order valence-corrected chi connectivity index (χ0v) is 19.9. The number of hydrogen-bond acceptors (Lipinski definition) is 3. The van der Waals surface area contributed by atoms with Crippen LogP contribution in [0.25, 0.3) is 11.1 Å². The van der Waals surface area contributed by atoms with Crippen molar-refractivity contribution >= 4 is 6.09 Å². The molecule has 2 atom stereocenters. The smallest absolute Gasteiger partial charge is 0.410 e. The molecule has 6 rings (SSSR count). The number of piperidine rings is 2. The molecule has 5 heteroatoms. The second kappa shape index (κ2) is 8.49. The van der Waals surface area contributed by atoms with Gasteiger partial charge < -0.3 is 14.7 Å². The standard InChI is InChI=1S/C30H30FNO3/c1-19-8-6-15-27(31)28(19)30(34)16-20-9-7-10-21(17-30)32(20)29(33)35-18-26-24-13-4-2-11-22(24)23-12-3-5-14-25(23)26/h2-6,8,11-15,20-21,26,34H,7,9-10,16-18H2,1H3. The summed E-state index contributed by atoms with van der Waals surface area (Å²) in [5, 5.41) is 11.6. The molecule has 180 valence electrons. The van der Waals surface area contributed by atoms with Crippen molar-refractivity contribution in [1.82, 2.24) is 4.90 Å². The topological polar surface area (TPSA) is 49.8 Å². The number of aliphatic hydroxyl groups is 1. The van der Waals surface area contributed by atoms with Crippen LogP contribution in [0, 0.1) is 12.7 Å². The Balaban J connectivity index is 1.22. The largest absolute Gasteiger partial charge is 0.448 e. The molecule has 0 radical (unpaired) electrons. The lowest BCUT2D eigenvalue weighted by Gasteiger charge is -2.51. The fourth-order valence-corrected chi connectivity index (χ4v) is 6.82. The Morgan fingerprint density at radius 2 is 1.57 bits per heavy atom. The van der Waals surface area contributed by atoms with Crippen molar-refractivity contribution in [3.8, 4) is 11.1 Å². The zero-order chi connectivity index (χ0) is 24.2. The number of aryl methyl sites for hydroxylation is 1. The van der Waals surface area contributed by atoms with Gasteiger partial charge in [-0.05, 0) is 60.1 Å². The highest BCUT2D eigenvalue weighted by atomic mass is 19.1. The molecule has 2 fully saturated rings. The molecule has 35 heavy (non-hydrogen) atoms. The Hall–Kier alpha value is -3.18. The van der Waals surface area contributed by atoms with Gasteiger partial charge in [0.25, 0.3) is 0 Å². The summed E-state index contributed by atoms with van der Waals surface area (Å²) in [5.41, 5.74) is 4.62. The molecule has 0 aromatic heterocycles. The van der Waals surface area contributed by atoms with Crippen LogP contribution in [0.5, 0.6) is 0 Å². The summed E-state index contributed by atoms with van der Waals surface area (Å²) < 4.78 is 20.8. The number of carbonyl (C=O) groups is 1. The minimum absolute atomic E-state index is 0.00831. The van der Waals surface area contributed by atoms with Gasteiger partial charge >= 0.3 is 6.09 Å². The number of ether oxygens (including phenoxy) is 1. The number of fused-ring (bicyclic) bond motifs is 5. The monoisotopic (exact) mass is 471 g/mol. The molecule has 1 N–H and O–H groups in total. The number of benzene rings is 3. The molecule has 2 unspecified atom stereocenters. The van der Waals surface area contributed by atoms with E-state index in [1.165, 1.54) is 28.3 Å². The molecule has 2 saturated heterocycles. The summed E-state index contributed by atoms with van der Waals surface area (Å²) in [6.07, 6.45) is 2.90. The molecule has 1 amide bonds. The molecular weight excluding hydrogens is 441 g/mol. The van der Waals surface area contributed by atoms with Gasteiger partial charge in [-0.15, -0.1) is 0 Å². The van der Waals surface area contributed by atoms with E-state index in [-0.39, 0.29) is 36.5 Å². The van der Waals surface area contributed by atoms with Crippen molar-refractivity contribution in [3.63, 3.8) is 0 Å². The van der Waals surface area contributed by atoms with E-state index in [2.05, 4.69) is 24.3 Å². The number of amides is 1. The first-order chi connectivity index (χ1) is 17.0. The zero-order valence-electron chi connectivity index (χ0n) is 19.9. The van der Waals surface area contributed by atoms with Crippen LogP contribution < -0.4 is 0 Å². The molecular formula is C30H30FNO3. The fourth-order valence-electron chi connectivity index (χ4n) is 6.82. The maximum atomic E-state index is 14.8. The van der Waals surface area contributed by atoms with Crippen molar-refractivity contribution in [3.05, 3.63) is 94.8 Å². The lowest BCUT2D eigenvalue weighted by Crippen LogP contribution is -2.59. The molecule has 0 spiro atoms. The fraction of sp³-hybridized carbons (Fsp3) is 0.367. The van der Waals surface area contributed by atoms with Gasteiger partial charge in [-0.1, -0.05) is 60.7 Å². The van der Waals surface area contributed by atoms with Crippen LogP contribution >= 0.6 is 0 Å². The van der Waals surface area contributed by atoms with Crippen LogP contribution in [0.3, 0.4) is 0 Å². The number of carbonyl (C=O) groups excluding carboxylic acids is 1. The third-order valence-corrected chi connectivity index (χ3v) is 8.24. The molecule has 2 bridgehead atoms. The Morgan fingerprint density at radius 1 is 0.971 bits per heavy atom. The number of hydrogen-bond donors (Lipinski definition) is 1. The van der Waals surface area contributed by atoms with Crippen molar-refractivity contribution in [2.75, 3.05) is 6.61 Å². The molecule has 4 nitrogen and oxygen atoms in total. The highest BCUT2D eigenvalue weighted by Gasteiger charge is 2.50. The lowest BCUT2D eigenvalue weighted by molar-refractivity contribution is -0.0909. The van der Waals surface area contributed by atoms with E-state index in [4.69, 9.17) is 4.74 Å². The summed E-state index contributed by atoms with van der Waals surface area (Å²) in [4.78, 5) is 15.3. The van der Waals surface area contributed by atoms with Gasteiger partial charge in [0.2, 0.25) is 0 Å². The van der Waals surface area contributed by atoms with E-state index in [0.29, 0.717) is 18.4 Å². The summed E-state index contributed by atoms with van der Waals surface area (Å²) >= 11 is 0. The highest BCUT2D eigenvalue weighted by molar-refractivity contribution is 5.79. The maximum absolute atomic E-state index is 14.8. The molecule has 3 aliphatic rings. The van der Waals surface area contributed by atoms with Crippen LogP contribution in [0.1, 0.15) is 60.3 Å². The predicted molar refractivity (Wildman–Crippen MR) is 133 cm³/mol. The lowest BCUT2D eigenvalue weighted by atomic mass is 9.71. The van der Waals surface area contributed by atoms with E-state index in [9.17, 15) is 14.3 Å². The third-order valence-electron chi connectivity index (χ3n) is 8.24. The average Bonchev–Trinajstić information content (AvgIpc) is 3.15. The first-order valence-electron chi connectivity index (χ1n) is 12.6. The summed E-state index contributed by atoms with van der Waals surface area (Å²) in [5.74, 6) is -0.367. The molecule has 3 aromatic carbocycles. The van der Waals surface area contributed by atoms with Crippen molar-refractivity contribution in [2.45, 2.75) is 62.6 Å². The third kappa shape index (κ3) is 3.64. The summed E-state index contributed by atoms with van der Waals surface area (Å²) in [6.45, 7) is 2.11. The van der Waals surface area contributed by atoms with Gasteiger partial charge in [-0.3, -0.25) is 0 Å². The maximum Gasteiger partial charge on any atom is 0.410 e. The second-order valence-electron chi connectivity index (χ2n) is 10.3. The van der Waals surface area contributed by atoms with Gasteiger partial charge in [-0.2, -0.15) is 0 Å². The van der Waals surface area contributed by atoms with Gasteiger partial charge in [-0.25, -0.2) is 9.18 Å². The predicted octanol–water partition coefficient (Wildman–Crippen LogP) is 6.29. The van der Waals surface area contributed by atoms with Crippen LogP contribution in [0.2, 0.25) is 0 Å². The highest BCUT2D eigenvalue weighted by Crippen LogP contribution is 2.47. The van der Waals surface area contributed by atoms with Crippen LogP contribution in [-0.4, -0.2) is 34.8 Å².